The number of carbonyl (C=O) groups excluding carboxylic acids is 1. The number of halogens is 2. The Bertz CT molecular complexity index is 656. The van der Waals surface area contributed by atoms with Crippen LogP contribution in [0, 0.1) is 15.9 Å². The lowest BCUT2D eigenvalue weighted by Crippen LogP contribution is -2.12. The molecule has 1 heterocycles. The van der Waals surface area contributed by atoms with Gasteiger partial charge in [0.05, 0.1) is 21.7 Å². The number of hydrogen-bond donors (Lipinski definition) is 0. The summed E-state index contributed by atoms with van der Waals surface area (Å²) in [5.41, 5.74) is -0.566. The first-order valence-electron chi connectivity index (χ1n) is 5.32. The number of rotatable bonds is 5. The Kier molecular flexibility index (Phi) is 4.14. The number of carbonyl (C=O) groups is 1. The predicted octanol–water partition coefficient (Wildman–Crippen LogP) is 3.35. The number of ether oxygens (including phenoxy) is 1. The van der Waals surface area contributed by atoms with Crippen molar-refractivity contribution >= 4 is 27.4 Å². The third kappa shape index (κ3) is 3.02. The lowest BCUT2D eigenvalue weighted by Gasteiger charge is -2.07. The minimum atomic E-state index is -0.791. The van der Waals surface area contributed by atoms with Crippen molar-refractivity contribution in [3.8, 4) is 5.75 Å². The summed E-state index contributed by atoms with van der Waals surface area (Å²) in [4.78, 5) is 21.7. The Labute approximate surface area is 120 Å². The summed E-state index contributed by atoms with van der Waals surface area (Å²) in [6.45, 7) is -0.460. The van der Waals surface area contributed by atoms with Gasteiger partial charge in [-0.2, -0.15) is 0 Å². The van der Waals surface area contributed by atoms with Crippen molar-refractivity contribution in [2.75, 3.05) is 6.61 Å². The van der Waals surface area contributed by atoms with Crippen molar-refractivity contribution in [2.45, 2.75) is 0 Å². The molecule has 0 aliphatic heterocycles. The lowest BCUT2D eigenvalue weighted by atomic mass is 10.3. The Hall–Kier alpha value is -2.22. The van der Waals surface area contributed by atoms with Crippen LogP contribution >= 0.6 is 15.9 Å². The molecule has 0 N–H and O–H groups in total. The van der Waals surface area contributed by atoms with Crippen LogP contribution in [0.15, 0.2) is 39.4 Å². The van der Waals surface area contributed by atoms with Crippen molar-refractivity contribution in [2.24, 2.45) is 0 Å². The highest BCUT2D eigenvalue weighted by Gasteiger charge is 2.22. The molecule has 1 aromatic carbocycles. The standard InChI is InChI=1S/C12H7BrFNO5/c13-8-4-7(14)5-9(15(17)18)12(8)20-6-10(16)11-2-1-3-19-11/h1-5H,6H2. The molecular formula is C12H7BrFNO5. The van der Waals surface area contributed by atoms with Gasteiger partial charge in [-0.1, -0.05) is 0 Å². The second kappa shape index (κ2) is 5.83. The third-order valence-corrected chi connectivity index (χ3v) is 2.92. The average Bonchev–Trinajstić information content (AvgIpc) is 2.90. The molecule has 6 nitrogen and oxygen atoms in total. The smallest absolute Gasteiger partial charge is 0.315 e. The Morgan fingerprint density at radius 1 is 1.50 bits per heavy atom. The van der Waals surface area contributed by atoms with E-state index in [0.717, 1.165) is 12.1 Å². The van der Waals surface area contributed by atoms with Crippen LogP contribution in [-0.4, -0.2) is 17.3 Å². The Balaban J connectivity index is 2.21. The van der Waals surface area contributed by atoms with Gasteiger partial charge in [0.1, 0.15) is 5.82 Å². The number of nitrogens with zero attached hydrogens (tertiary/aromatic N) is 1. The molecule has 0 aliphatic carbocycles. The molecular weight excluding hydrogens is 337 g/mol. The molecule has 0 unspecified atom stereocenters. The summed E-state index contributed by atoms with van der Waals surface area (Å²) in [7, 11) is 0. The molecule has 0 saturated carbocycles. The zero-order chi connectivity index (χ0) is 14.7. The molecule has 0 aliphatic rings. The maximum Gasteiger partial charge on any atom is 0.315 e. The van der Waals surface area contributed by atoms with E-state index in [4.69, 9.17) is 9.15 Å². The summed E-state index contributed by atoms with van der Waals surface area (Å²) in [5.74, 6) is -1.41. The number of furan rings is 1. The fourth-order valence-electron chi connectivity index (χ4n) is 1.47. The fraction of sp³-hybridized carbons (Fsp3) is 0.0833. The fourth-order valence-corrected chi connectivity index (χ4v) is 2.01. The van der Waals surface area contributed by atoms with Crippen molar-refractivity contribution in [1.29, 1.82) is 0 Å². The number of ketones is 1. The van der Waals surface area contributed by atoms with Gasteiger partial charge >= 0.3 is 5.69 Å². The van der Waals surface area contributed by atoms with Crippen LogP contribution in [0.5, 0.6) is 5.75 Å². The van der Waals surface area contributed by atoms with E-state index in [1.165, 1.54) is 18.4 Å². The monoisotopic (exact) mass is 343 g/mol. The molecule has 0 spiro atoms. The minimum absolute atomic E-state index is 0.0523. The normalized spacial score (nSPS) is 10.3. The van der Waals surface area contributed by atoms with Crippen LogP contribution in [0.1, 0.15) is 10.6 Å². The summed E-state index contributed by atoms with van der Waals surface area (Å²) >= 11 is 2.96. The Morgan fingerprint density at radius 2 is 2.25 bits per heavy atom. The topological polar surface area (TPSA) is 82.6 Å². The zero-order valence-corrected chi connectivity index (χ0v) is 11.4. The molecule has 0 atom stereocenters. The second-order valence-corrected chi connectivity index (χ2v) is 4.54. The molecule has 1 aromatic heterocycles. The largest absolute Gasteiger partial charge is 0.477 e. The van der Waals surface area contributed by atoms with Crippen molar-refractivity contribution in [1.82, 2.24) is 0 Å². The second-order valence-electron chi connectivity index (χ2n) is 3.68. The van der Waals surface area contributed by atoms with Gasteiger partial charge in [0.15, 0.2) is 12.4 Å². The van der Waals surface area contributed by atoms with E-state index < -0.39 is 28.8 Å². The summed E-state index contributed by atoms with van der Waals surface area (Å²) in [6.07, 6.45) is 1.32. The van der Waals surface area contributed by atoms with Crippen LogP contribution in [0.4, 0.5) is 10.1 Å². The van der Waals surface area contributed by atoms with Gasteiger partial charge in [0.2, 0.25) is 11.5 Å². The zero-order valence-electron chi connectivity index (χ0n) is 9.84. The number of hydrogen-bond acceptors (Lipinski definition) is 5. The molecule has 2 rings (SSSR count). The molecule has 0 amide bonds. The lowest BCUT2D eigenvalue weighted by molar-refractivity contribution is -0.386. The first kappa shape index (κ1) is 14.2. The van der Waals surface area contributed by atoms with E-state index in [-0.39, 0.29) is 16.0 Å². The summed E-state index contributed by atoms with van der Waals surface area (Å²) < 4.78 is 23.2. The molecule has 8 heteroatoms. The van der Waals surface area contributed by atoms with Gasteiger partial charge in [-0.3, -0.25) is 14.9 Å². The SMILES string of the molecule is O=C(COc1c(Br)cc(F)cc1[N+](=O)[O-])c1ccco1. The molecule has 0 radical (unpaired) electrons. The van der Waals surface area contributed by atoms with Gasteiger partial charge in [0.25, 0.3) is 0 Å². The highest BCUT2D eigenvalue weighted by Crippen LogP contribution is 2.36. The van der Waals surface area contributed by atoms with Crippen molar-refractivity contribution in [3.05, 3.63) is 56.7 Å². The summed E-state index contributed by atoms with van der Waals surface area (Å²) in [5, 5.41) is 10.8. The quantitative estimate of drug-likeness (QED) is 0.472. The van der Waals surface area contributed by atoms with Crippen LogP contribution in [-0.2, 0) is 0 Å². The minimum Gasteiger partial charge on any atom is -0.477 e. The van der Waals surface area contributed by atoms with Gasteiger partial charge in [-0.05, 0) is 34.1 Å². The number of nitro groups is 1. The first-order chi connectivity index (χ1) is 9.49. The predicted molar refractivity (Wildman–Crippen MR) is 69.3 cm³/mol. The number of benzene rings is 1. The van der Waals surface area contributed by atoms with Crippen molar-refractivity contribution < 1.29 is 23.3 Å². The van der Waals surface area contributed by atoms with E-state index in [1.807, 2.05) is 0 Å². The van der Waals surface area contributed by atoms with Crippen LogP contribution in [0.2, 0.25) is 0 Å². The highest BCUT2D eigenvalue weighted by molar-refractivity contribution is 9.10. The highest BCUT2D eigenvalue weighted by atomic mass is 79.9. The van der Waals surface area contributed by atoms with Gasteiger partial charge < -0.3 is 9.15 Å². The van der Waals surface area contributed by atoms with Crippen LogP contribution in [0.25, 0.3) is 0 Å². The molecule has 0 fully saturated rings. The molecule has 20 heavy (non-hydrogen) atoms. The molecule has 2 aromatic rings. The van der Waals surface area contributed by atoms with Gasteiger partial charge in [0, 0.05) is 0 Å². The maximum atomic E-state index is 13.1. The van der Waals surface area contributed by atoms with Crippen LogP contribution < -0.4 is 4.74 Å². The van der Waals surface area contributed by atoms with E-state index in [1.54, 1.807) is 0 Å². The van der Waals surface area contributed by atoms with Gasteiger partial charge in [-0.25, -0.2) is 4.39 Å². The van der Waals surface area contributed by atoms with E-state index in [2.05, 4.69) is 15.9 Å². The molecule has 104 valence electrons. The molecule has 0 saturated heterocycles. The third-order valence-electron chi connectivity index (χ3n) is 2.33. The molecule has 0 bridgehead atoms. The van der Waals surface area contributed by atoms with E-state index >= 15 is 0 Å². The maximum absolute atomic E-state index is 13.1. The Morgan fingerprint density at radius 3 is 2.85 bits per heavy atom. The van der Waals surface area contributed by atoms with Crippen LogP contribution in [0.3, 0.4) is 0 Å². The van der Waals surface area contributed by atoms with Crippen molar-refractivity contribution in [3.63, 3.8) is 0 Å². The number of nitro benzene ring substituents is 1. The van der Waals surface area contributed by atoms with Gasteiger partial charge in [-0.15, -0.1) is 0 Å². The first-order valence-corrected chi connectivity index (χ1v) is 6.11. The van der Waals surface area contributed by atoms with E-state index in [9.17, 15) is 19.3 Å². The summed E-state index contributed by atoms with van der Waals surface area (Å²) in [6, 6.07) is 4.71. The van der Waals surface area contributed by atoms with E-state index in [0.29, 0.717) is 0 Å². The average molecular weight is 344 g/mol. The number of Topliss-reactive ketones (excluding diaryl/α,β-unsaturated/α-hetero) is 1.